The molecule has 6 nitrogen and oxygen atoms in total. The minimum absolute atomic E-state index is 0.0560. The minimum Gasteiger partial charge on any atom is -0.386 e. The fraction of sp³-hybridized carbons (Fsp3) is 0.789. The molecule has 1 unspecified atom stereocenters. The fourth-order valence-electron chi connectivity index (χ4n) is 4.44. The number of nitrogens with zero attached hydrogens (tertiary/aromatic N) is 3. The van der Waals surface area contributed by atoms with Gasteiger partial charge in [-0.15, -0.1) is 0 Å². The Hall–Kier alpha value is -1.24. The average molecular weight is 347 g/mol. The van der Waals surface area contributed by atoms with E-state index in [2.05, 4.69) is 10.00 Å². The molecule has 0 spiro atoms. The quantitative estimate of drug-likeness (QED) is 0.880. The summed E-state index contributed by atoms with van der Waals surface area (Å²) < 4.78 is 7.03. The van der Waals surface area contributed by atoms with E-state index in [0.717, 1.165) is 63.0 Å². The van der Waals surface area contributed by atoms with E-state index in [1.807, 2.05) is 6.07 Å². The molecule has 3 heterocycles. The van der Waals surface area contributed by atoms with Crippen molar-refractivity contribution in [1.29, 1.82) is 0 Å². The lowest BCUT2D eigenvalue weighted by molar-refractivity contribution is -0.0127. The van der Waals surface area contributed by atoms with E-state index >= 15 is 0 Å². The molecule has 1 atom stereocenters. The van der Waals surface area contributed by atoms with Crippen LogP contribution in [0.1, 0.15) is 43.4 Å². The monoisotopic (exact) mass is 347 g/mol. The van der Waals surface area contributed by atoms with Crippen LogP contribution in [0.3, 0.4) is 0 Å². The Balaban J connectivity index is 1.33. The summed E-state index contributed by atoms with van der Waals surface area (Å²) in [4.78, 5) is 14.7. The maximum atomic E-state index is 12.3. The number of aliphatic hydroxyl groups is 1. The molecule has 1 aromatic heterocycles. The topological polar surface area (TPSA) is 67.6 Å². The van der Waals surface area contributed by atoms with Gasteiger partial charge in [0, 0.05) is 32.2 Å². The van der Waals surface area contributed by atoms with E-state index in [1.54, 1.807) is 4.68 Å². The van der Waals surface area contributed by atoms with Crippen molar-refractivity contribution in [2.75, 3.05) is 32.8 Å². The highest BCUT2D eigenvalue weighted by atomic mass is 16.5. The van der Waals surface area contributed by atoms with Gasteiger partial charge >= 0.3 is 0 Å². The molecule has 25 heavy (non-hydrogen) atoms. The number of fused-ring (bicyclic) bond motifs is 1. The number of rotatable bonds is 4. The third-order valence-corrected chi connectivity index (χ3v) is 6.01. The predicted molar refractivity (Wildman–Crippen MR) is 94.7 cm³/mol. The first-order chi connectivity index (χ1) is 12.1. The first kappa shape index (κ1) is 17.2. The van der Waals surface area contributed by atoms with E-state index in [4.69, 9.17) is 4.74 Å². The van der Waals surface area contributed by atoms with Crippen LogP contribution in [0.2, 0.25) is 0 Å². The minimum atomic E-state index is -0.663. The van der Waals surface area contributed by atoms with Gasteiger partial charge in [-0.2, -0.15) is 5.10 Å². The normalized spacial score (nSPS) is 28.2. The number of hydrogen-bond donors (Lipinski definition) is 1. The summed E-state index contributed by atoms with van der Waals surface area (Å²) in [7, 11) is 0. The van der Waals surface area contributed by atoms with Crippen molar-refractivity contribution in [3.05, 3.63) is 27.7 Å². The number of ether oxygens (including phenoxy) is 1. The van der Waals surface area contributed by atoms with Crippen LogP contribution in [0.25, 0.3) is 0 Å². The largest absolute Gasteiger partial charge is 0.386 e. The lowest BCUT2D eigenvalue weighted by atomic mass is 9.94. The summed E-state index contributed by atoms with van der Waals surface area (Å²) >= 11 is 0. The molecule has 2 aliphatic heterocycles. The molecular formula is C19H29N3O3. The summed E-state index contributed by atoms with van der Waals surface area (Å²) in [5.74, 6) is 0.498. The molecule has 1 N–H and O–H groups in total. The van der Waals surface area contributed by atoms with Crippen LogP contribution in [-0.2, 0) is 24.1 Å². The van der Waals surface area contributed by atoms with Gasteiger partial charge in [0.2, 0.25) is 0 Å². The molecule has 138 valence electrons. The molecule has 0 aromatic carbocycles. The van der Waals surface area contributed by atoms with Crippen molar-refractivity contribution in [2.24, 2.45) is 5.92 Å². The number of hydrogen-bond acceptors (Lipinski definition) is 5. The molecular weight excluding hydrogens is 318 g/mol. The Morgan fingerprint density at radius 2 is 2.08 bits per heavy atom. The van der Waals surface area contributed by atoms with Gasteiger partial charge in [-0.05, 0) is 63.1 Å². The van der Waals surface area contributed by atoms with Crippen LogP contribution >= 0.6 is 0 Å². The average Bonchev–Trinajstić information content (AvgIpc) is 3.03. The predicted octanol–water partition coefficient (Wildman–Crippen LogP) is 0.985. The van der Waals surface area contributed by atoms with Gasteiger partial charge in [-0.1, -0.05) is 0 Å². The third kappa shape index (κ3) is 3.96. The van der Waals surface area contributed by atoms with E-state index in [0.29, 0.717) is 25.7 Å². The van der Waals surface area contributed by atoms with E-state index in [9.17, 15) is 9.90 Å². The molecule has 0 radical (unpaired) electrons. The molecule has 2 fully saturated rings. The first-order valence-corrected chi connectivity index (χ1v) is 9.74. The Morgan fingerprint density at radius 3 is 2.84 bits per heavy atom. The van der Waals surface area contributed by atoms with Crippen molar-refractivity contribution in [3.8, 4) is 0 Å². The summed E-state index contributed by atoms with van der Waals surface area (Å²) in [6.07, 6.45) is 7.22. The van der Waals surface area contributed by atoms with Gasteiger partial charge in [-0.25, -0.2) is 4.68 Å². The second-order valence-electron chi connectivity index (χ2n) is 8.09. The van der Waals surface area contributed by atoms with Crippen molar-refractivity contribution < 1.29 is 9.84 Å². The second-order valence-corrected chi connectivity index (χ2v) is 8.09. The highest BCUT2D eigenvalue weighted by Gasteiger charge is 2.35. The van der Waals surface area contributed by atoms with E-state index in [-0.39, 0.29) is 5.56 Å². The Bertz CT molecular complexity index is 658. The molecule has 0 bridgehead atoms. The van der Waals surface area contributed by atoms with Crippen molar-refractivity contribution in [2.45, 2.75) is 57.1 Å². The Labute approximate surface area is 148 Å². The molecule has 0 amide bonds. The zero-order valence-corrected chi connectivity index (χ0v) is 15.0. The maximum absolute atomic E-state index is 12.3. The van der Waals surface area contributed by atoms with Crippen molar-refractivity contribution in [3.63, 3.8) is 0 Å². The van der Waals surface area contributed by atoms with Crippen LogP contribution in [0.4, 0.5) is 0 Å². The van der Waals surface area contributed by atoms with Gasteiger partial charge in [0.15, 0.2) is 0 Å². The lowest BCUT2D eigenvalue weighted by Crippen LogP contribution is -2.47. The molecule has 4 rings (SSSR count). The number of aryl methyl sites for hydroxylation is 2. The molecule has 1 aliphatic carbocycles. The highest BCUT2D eigenvalue weighted by molar-refractivity contribution is 5.20. The highest BCUT2D eigenvalue weighted by Crippen LogP contribution is 2.24. The van der Waals surface area contributed by atoms with Crippen LogP contribution in [0.15, 0.2) is 10.9 Å². The number of piperidine rings is 1. The van der Waals surface area contributed by atoms with E-state index in [1.165, 1.54) is 12.8 Å². The SMILES string of the molecule is O=c1cc2c(nn1CC1CCN(CC3(O)CCOC3)CC1)CCCC2. The number of likely N-dealkylation sites (tertiary alicyclic amines) is 1. The molecule has 3 aliphatic rings. The van der Waals surface area contributed by atoms with Crippen molar-refractivity contribution >= 4 is 0 Å². The van der Waals surface area contributed by atoms with Gasteiger partial charge in [0.25, 0.3) is 5.56 Å². The summed E-state index contributed by atoms with van der Waals surface area (Å²) in [6, 6.07) is 1.81. The molecule has 6 heteroatoms. The standard InChI is InChI=1S/C19H29N3O3/c23-18-11-16-3-1-2-4-17(16)20-22(18)12-15-5-8-21(9-6-15)13-19(24)7-10-25-14-19/h11,15,24H,1-10,12-14H2. The number of β-amino-alcohol motifs (C(OH)–C–C–N with tert-alkyl or cyclic N) is 1. The van der Waals surface area contributed by atoms with Gasteiger partial charge in [0.05, 0.1) is 12.3 Å². The van der Waals surface area contributed by atoms with Gasteiger partial charge < -0.3 is 14.7 Å². The fourth-order valence-corrected chi connectivity index (χ4v) is 4.44. The molecule has 1 aromatic rings. The van der Waals surface area contributed by atoms with E-state index < -0.39 is 5.60 Å². The first-order valence-electron chi connectivity index (χ1n) is 9.74. The smallest absolute Gasteiger partial charge is 0.267 e. The summed E-state index contributed by atoms with van der Waals surface area (Å²) in [5, 5.41) is 15.1. The lowest BCUT2D eigenvalue weighted by Gasteiger charge is -2.36. The summed E-state index contributed by atoms with van der Waals surface area (Å²) in [6.45, 7) is 4.52. The zero-order chi connectivity index (χ0) is 17.3. The molecule has 0 saturated carbocycles. The second kappa shape index (κ2) is 7.17. The van der Waals surface area contributed by atoms with Crippen LogP contribution in [0, 0.1) is 5.92 Å². The number of aromatic nitrogens is 2. The third-order valence-electron chi connectivity index (χ3n) is 6.01. The van der Waals surface area contributed by atoms with Crippen LogP contribution in [-0.4, -0.2) is 58.2 Å². The van der Waals surface area contributed by atoms with Crippen LogP contribution < -0.4 is 5.56 Å². The zero-order valence-electron chi connectivity index (χ0n) is 15.0. The molecule has 2 saturated heterocycles. The van der Waals surface area contributed by atoms with Gasteiger partial charge in [-0.3, -0.25) is 4.79 Å². The Morgan fingerprint density at radius 1 is 1.28 bits per heavy atom. The van der Waals surface area contributed by atoms with Gasteiger partial charge in [0.1, 0.15) is 5.60 Å². The summed E-state index contributed by atoms with van der Waals surface area (Å²) in [5.41, 5.74) is 1.69. The maximum Gasteiger partial charge on any atom is 0.267 e. The van der Waals surface area contributed by atoms with Crippen molar-refractivity contribution in [1.82, 2.24) is 14.7 Å². The Kier molecular flexibility index (Phi) is 4.93. The van der Waals surface area contributed by atoms with Crippen LogP contribution in [0.5, 0.6) is 0 Å².